The molecular formula is C7H8N2OS. The normalized spacial score (nSPS) is 9.18. The molecule has 1 aromatic rings. The molecule has 0 bridgehead atoms. The predicted molar refractivity (Wildman–Crippen MR) is 48.0 cm³/mol. The maximum atomic E-state index is 5.55. The molecule has 1 heterocycles. The number of pyridine rings is 1. The SMILES string of the molecule is COc1ncc(C=S)cc1N. The van der Waals surface area contributed by atoms with Crippen LogP contribution in [-0.2, 0) is 0 Å². The third-order valence-electron chi connectivity index (χ3n) is 1.23. The summed E-state index contributed by atoms with van der Waals surface area (Å²) in [6.45, 7) is 0. The Morgan fingerprint density at radius 3 is 2.91 bits per heavy atom. The first-order chi connectivity index (χ1) is 5.27. The summed E-state index contributed by atoms with van der Waals surface area (Å²) < 4.78 is 4.86. The molecule has 0 atom stereocenters. The van der Waals surface area contributed by atoms with E-state index >= 15 is 0 Å². The quantitative estimate of drug-likeness (QED) is 0.670. The number of hydrogen-bond acceptors (Lipinski definition) is 4. The van der Waals surface area contributed by atoms with Gasteiger partial charge in [0.05, 0.1) is 12.8 Å². The lowest BCUT2D eigenvalue weighted by molar-refractivity contribution is 0.400. The fourth-order valence-corrected chi connectivity index (χ4v) is 0.850. The van der Waals surface area contributed by atoms with E-state index in [2.05, 4.69) is 4.98 Å². The van der Waals surface area contributed by atoms with E-state index in [4.69, 9.17) is 22.7 Å². The highest BCUT2D eigenvalue weighted by molar-refractivity contribution is 7.79. The zero-order valence-corrected chi connectivity index (χ0v) is 6.89. The minimum Gasteiger partial charge on any atom is -0.480 e. The van der Waals surface area contributed by atoms with Gasteiger partial charge in [-0.3, -0.25) is 0 Å². The Kier molecular flexibility index (Phi) is 2.38. The summed E-state index contributed by atoms with van der Waals surface area (Å²) in [5, 5.41) is 1.52. The molecule has 1 rings (SSSR count). The van der Waals surface area contributed by atoms with Crippen LogP contribution in [0, 0.1) is 0 Å². The minimum atomic E-state index is 0.436. The first-order valence-electron chi connectivity index (χ1n) is 3.02. The van der Waals surface area contributed by atoms with Crippen LogP contribution in [0.4, 0.5) is 5.69 Å². The molecule has 0 unspecified atom stereocenters. The Balaban J connectivity index is 3.09. The van der Waals surface area contributed by atoms with E-state index in [1.165, 1.54) is 12.5 Å². The number of ether oxygens (including phenoxy) is 1. The van der Waals surface area contributed by atoms with Crippen molar-refractivity contribution in [2.75, 3.05) is 12.8 Å². The van der Waals surface area contributed by atoms with Crippen molar-refractivity contribution >= 4 is 23.3 Å². The lowest BCUT2D eigenvalue weighted by Crippen LogP contribution is -1.96. The maximum Gasteiger partial charge on any atom is 0.236 e. The third kappa shape index (κ3) is 1.65. The first-order valence-corrected chi connectivity index (χ1v) is 3.49. The molecule has 0 aliphatic rings. The van der Waals surface area contributed by atoms with Crippen LogP contribution in [0.25, 0.3) is 0 Å². The fraction of sp³-hybridized carbons (Fsp3) is 0.143. The van der Waals surface area contributed by atoms with Gasteiger partial charge in [0, 0.05) is 17.1 Å². The summed E-state index contributed by atoms with van der Waals surface area (Å²) in [5.74, 6) is 0.436. The molecule has 0 aliphatic heterocycles. The van der Waals surface area contributed by atoms with E-state index in [9.17, 15) is 0 Å². The molecule has 11 heavy (non-hydrogen) atoms. The number of anilines is 1. The molecular weight excluding hydrogens is 160 g/mol. The van der Waals surface area contributed by atoms with Gasteiger partial charge in [-0.15, -0.1) is 0 Å². The molecule has 58 valence electrons. The van der Waals surface area contributed by atoms with Gasteiger partial charge < -0.3 is 10.5 Å². The Labute approximate surface area is 70.2 Å². The molecule has 0 amide bonds. The van der Waals surface area contributed by atoms with Crippen molar-refractivity contribution in [2.24, 2.45) is 0 Å². The lowest BCUT2D eigenvalue weighted by Gasteiger charge is -2.01. The molecule has 1 aromatic heterocycles. The molecule has 0 saturated heterocycles. The van der Waals surface area contributed by atoms with Crippen LogP contribution in [0.5, 0.6) is 5.88 Å². The van der Waals surface area contributed by atoms with Crippen molar-refractivity contribution in [3.63, 3.8) is 0 Å². The first kappa shape index (κ1) is 7.94. The second-order valence-electron chi connectivity index (χ2n) is 1.99. The monoisotopic (exact) mass is 168 g/mol. The van der Waals surface area contributed by atoms with Crippen LogP contribution >= 0.6 is 12.2 Å². The van der Waals surface area contributed by atoms with Gasteiger partial charge in [-0.25, -0.2) is 4.98 Å². The Bertz CT molecular complexity index is 275. The molecule has 0 radical (unpaired) electrons. The van der Waals surface area contributed by atoms with E-state index in [0.717, 1.165) is 5.56 Å². The Morgan fingerprint density at radius 2 is 2.45 bits per heavy atom. The van der Waals surface area contributed by atoms with E-state index in [0.29, 0.717) is 11.6 Å². The number of nitrogens with two attached hydrogens (primary N) is 1. The summed E-state index contributed by atoms with van der Waals surface area (Å²) >= 11 is 4.70. The number of rotatable bonds is 2. The molecule has 0 aromatic carbocycles. The number of aromatic nitrogens is 1. The molecule has 0 spiro atoms. The van der Waals surface area contributed by atoms with Crippen LogP contribution in [0.1, 0.15) is 5.56 Å². The van der Waals surface area contributed by atoms with Crippen molar-refractivity contribution in [1.82, 2.24) is 4.98 Å². The van der Waals surface area contributed by atoms with Gasteiger partial charge in [0.2, 0.25) is 5.88 Å². The second-order valence-corrected chi connectivity index (χ2v) is 2.22. The Hall–Kier alpha value is -1.16. The predicted octanol–water partition coefficient (Wildman–Crippen LogP) is 1.02. The average Bonchev–Trinajstić information content (AvgIpc) is 2.04. The van der Waals surface area contributed by atoms with Crippen molar-refractivity contribution < 1.29 is 4.74 Å². The van der Waals surface area contributed by atoms with E-state index in [1.54, 1.807) is 12.3 Å². The van der Waals surface area contributed by atoms with Crippen LogP contribution in [-0.4, -0.2) is 17.5 Å². The van der Waals surface area contributed by atoms with Crippen molar-refractivity contribution in [3.8, 4) is 5.88 Å². The summed E-state index contributed by atoms with van der Waals surface area (Å²) in [6.07, 6.45) is 1.61. The zero-order valence-electron chi connectivity index (χ0n) is 6.07. The summed E-state index contributed by atoms with van der Waals surface area (Å²) in [7, 11) is 1.52. The smallest absolute Gasteiger partial charge is 0.236 e. The topological polar surface area (TPSA) is 48.1 Å². The molecule has 2 N–H and O–H groups in total. The van der Waals surface area contributed by atoms with E-state index < -0.39 is 0 Å². The van der Waals surface area contributed by atoms with Gasteiger partial charge in [0.1, 0.15) is 0 Å². The second kappa shape index (κ2) is 3.30. The van der Waals surface area contributed by atoms with Crippen LogP contribution in [0.2, 0.25) is 0 Å². The van der Waals surface area contributed by atoms with Gasteiger partial charge in [-0.1, -0.05) is 12.2 Å². The zero-order chi connectivity index (χ0) is 8.27. The highest BCUT2D eigenvalue weighted by Gasteiger charge is 1.99. The van der Waals surface area contributed by atoms with Crippen LogP contribution in [0.3, 0.4) is 0 Å². The average molecular weight is 168 g/mol. The van der Waals surface area contributed by atoms with E-state index in [1.807, 2.05) is 0 Å². The van der Waals surface area contributed by atoms with Gasteiger partial charge in [0.25, 0.3) is 0 Å². The van der Waals surface area contributed by atoms with Crippen LogP contribution < -0.4 is 10.5 Å². The largest absolute Gasteiger partial charge is 0.480 e. The molecule has 0 fully saturated rings. The number of thiocarbonyl (C=S) groups is 1. The summed E-state index contributed by atoms with van der Waals surface area (Å²) in [5.41, 5.74) is 6.88. The summed E-state index contributed by atoms with van der Waals surface area (Å²) in [6, 6.07) is 1.72. The van der Waals surface area contributed by atoms with Gasteiger partial charge in [-0.2, -0.15) is 0 Å². The molecule has 4 heteroatoms. The molecule has 0 saturated carbocycles. The van der Waals surface area contributed by atoms with Crippen molar-refractivity contribution in [3.05, 3.63) is 17.8 Å². The molecule has 0 aliphatic carbocycles. The number of nitrogen functional groups attached to an aromatic ring is 1. The number of nitrogens with zero attached hydrogens (tertiary/aromatic N) is 1. The van der Waals surface area contributed by atoms with Gasteiger partial charge in [-0.05, 0) is 6.07 Å². The third-order valence-corrected chi connectivity index (χ3v) is 1.50. The number of hydrogen-bond donors (Lipinski definition) is 1. The van der Waals surface area contributed by atoms with E-state index in [-0.39, 0.29) is 0 Å². The van der Waals surface area contributed by atoms with Crippen molar-refractivity contribution in [2.45, 2.75) is 0 Å². The minimum absolute atomic E-state index is 0.436. The van der Waals surface area contributed by atoms with Crippen molar-refractivity contribution in [1.29, 1.82) is 0 Å². The maximum absolute atomic E-state index is 5.55. The van der Waals surface area contributed by atoms with Crippen LogP contribution in [0.15, 0.2) is 12.3 Å². The van der Waals surface area contributed by atoms with Gasteiger partial charge >= 0.3 is 0 Å². The lowest BCUT2D eigenvalue weighted by atomic mass is 10.3. The van der Waals surface area contributed by atoms with Gasteiger partial charge in [0.15, 0.2) is 0 Å². The highest BCUT2D eigenvalue weighted by atomic mass is 32.1. The summed E-state index contributed by atoms with van der Waals surface area (Å²) in [4.78, 5) is 3.92. The molecule has 3 nitrogen and oxygen atoms in total. The highest BCUT2D eigenvalue weighted by Crippen LogP contribution is 2.16. The fourth-order valence-electron chi connectivity index (χ4n) is 0.721. The Morgan fingerprint density at radius 1 is 1.73 bits per heavy atom. The standard InChI is InChI=1S/C7H8N2OS/c1-10-7-6(8)2-5(4-11)3-9-7/h2-4H,8H2,1H3. The number of methoxy groups -OCH3 is 1.